The van der Waals surface area contributed by atoms with Gasteiger partial charge in [-0.3, -0.25) is 9.59 Å². The highest BCUT2D eigenvalue weighted by Gasteiger charge is 2.39. The van der Waals surface area contributed by atoms with Crippen molar-refractivity contribution in [1.29, 1.82) is 0 Å². The summed E-state index contributed by atoms with van der Waals surface area (Å²) in [6.45, 7) is 10.0. The van der Waals surface area contributed by atoms with Crippen LogP contribution in [-0.2, 0) is 28.6 Å². The number of hydrogen-bond acceptors (Lipinski definition) is 4. The summed E-state index contributed by atoms with van der Waals surface area (Å²) < 4.78 is 58.9. The Balaban J connectivity index is 1.21. The van der Waals surface area contributed by atoms with Gasteiger partial charge in [-0.25, -0.2) is 4.39 Å². The molecule has 3 unspecified atom stereocenters. The van der Waals surface area contributed by atoms with Gasteiger partial charge < -0.3 is 21.3 Å². The lowest BCUT2D eigenvalue weighted by molar-refractivity contribution is -0.137. The number of hydrogen-bond donors (Lipinski definition) is 4. The quantitative estimate of drug-likeness (QED) is 0.113. The second-order valence-corrected chi connectivity index (χ2v) is 19.2. The summed E-state index contributed by atoms with van der Waals surface area (Å²) in [6.07, 6.45) is 1.82. The Morgan fingerprint density at radius 2 is 1.51 bits per heavy atom. The molecule has 2 amide bonds. The molecule has 1 fully saturated rings. The molecule has 3 aliphatic rings. The number of amides is 2. The highest BCUT2D eigenvalue weighted by atomic mass is 35.5. The van der Waals surface area contributed by atoms with E-state index in [2.05, 4.69) is 27.3 Å². The molecule has 3 atom stereocenters. The van der Waals surface area contributed by atoms with Crippen molar-refractivity contribution in [3.05, 3.63) is 115 Å². The fraction of sp³-hybridized carbons (Fsp3) is 0.447. The Kier molecular flexibility index (Phi) is 12.1. The summed E-state index contributed by atoms with van der Waals surface area (Å²) in [5, 5.41) is 13.8. The largest absolute Gasteiger partial charge is 0.416 e. The molecule has 7 rings (SSSR count). The maximum absolute atomic E-state index is 15.9. The molecule has 4 aromatic rings. The number of fused-ring (bicyclic) bond motifs is 2. The van der Waals surface area contributed by atoms with Crippen molar-refractivity contribution in [2.45, 2.75) is 123 Å². The van der Waals surface area contributed by atoms with Crippen molar-refractivity contribution in [3.63, 3.8) is 0 Å². The number of aryl methyl sites for hydroxylation is 2. The number of benzene rings is 4. The first kappa shape index (κ1) is 42.8. The maximum Gasteiger partial charge on any atom is 0.416 e. The van der Waals surface area contributed by atoms with Crippen LogP contribution < -0.4 is 21.3 Å². The summed E-state index contributed by atoms with van der Waals surface area (Å²) in [6, 6.07) is 15.8. The topological polar surface area (TPSA) is 82.3 Å². The molecular weight excluding hydrogens is 799 g/mol. The highest BCUT2D eigenvalue weighted by Crippen LogP contribution is 2.49. The molecule has 12 heteroatoms. The summed E-state index contributed by atoms with van der Waals surface area (Å²) in [4.78, 5) is 25.9. The molecule has 0 bridgehead atoms. The first-order chi connectivity index (χ1) is 27.7. The van der Waals surface area contributed by atoms with Gasteiger partial charge in [0, 0.05) is 29.9 Å². The lowest BCUT2D eigenvalue weighted by Crippen LogP contribution is -2.24. The van der Waals surface area contributed by atoms with E-state index in [9.17, 15) is 22.8 Å². The minimum absolute atomic E-state index is 0.0500. The number of rotatable bonds is 11. The molecule has 4 N–H and O–H groups in total. The molecule has 0 saturated heterocycles. The van der Waals surface area contributed by atoms with E-state index in [1.165, 1.54) is 18.2 Å². The van der Waals surface area contributed by atoms with Crippen molar-refractivity contribution in [1.82, 2.24) is 0 Å². The zero-order chi connectivity index (χ0) is 42.4. The van der Waals surface area contributed by atoms with Crippen LogP contribution in [0, 0.1) is 23.6 Å². The Morgan fingerprint density at radius 1 is 0.780 bits per heavy atom. The van der Waals surface area contributed by atoms with Crippen molar-refractivity contribution < 1.29 is 27.2 Å². The fourth-order valence-electron chi connectivity index (χ4n) is 8.62. The Bertz CT molecular complexity index is 2270. The third-order valence-electron chi connectivity index (χ3n) is 12.0. The van der Waals surface area contributed by atoms with Gasteiger partial charge in [0.25, 0.3) is 0 Å². The van der Waals surface area contributed by atoms with Gasteiger partial charge >= 0.3 is 6.18 Å². The van der Waals surface area contributed by atoms with Gasteiger partial charge in [-0.2, -0.15) is 13.2 Å². The minimum Gasteiger partial charge on any atom is -0.378 e. The molecule has 0 radical (unpaired) electrons. The Labute approximate surface area is 354 Å². The van der Waals surface area contributed by atoms with Crippen LogP contribution in [-0.4, -0.2) is 11.8 Å². The molecule has 0 aromatic heterocycles. The molecule has 3 aliphatic carbocycles. The van der Waals surface area contributed by atoms with Crippen LogP contribution >= 0.6 is 23.2 Å². The van der Waals surface area contributed by atoms with E-state index in [0.717, 1.165) is 66.1 Å². The van der Waals surface area contributed by atoms with Gasteiger partial charge in [0.15, 0.2) is 0 Å². The molecule has 314 valence electrons. The lowest BCUT2D eigenvalue weighted by Gasteiger charge is -2.34. The first-order valence-corrected chi connectivity index (χ1v) is 21.2. The second-order valence-electron chi connectivity index (χ2n) is 18.4. The smallest absolute Gasteiger partial charge is 0.378 e. The van der Waals surface area contributed by atoms with Gasteiger partial charge in [0.05, 0.1) is 33.4 Å². The lowest BCUT2D eigenvalue weighted by atomic mass is 9.76. The number of carbonyl (C=O) groups is 2. The van der Waals surface area contributed by atoms with Crippen LogP contribution in [0.25, 0.3) is 0 Å². The number of anilines is 4. The summed E-state index contributed by atoms with van der Waals surface area (Å²) in [5.74, 6) is -1.19. The highest BCUT2D eigenvalue weighted by molar-refractivity contribution is 6.42. The van der Waals surface area contributed by atoms with E-state index in [1.807, 2.05) is 40.7 Å². The van der Waals surface area contributed by atoms with E-state index >= 15 is 4.39 Å². The van der Waals surface area contributed by atoms with Crippen molar-refractivity contribution >= 4 is 57.8 Å². The zero-order valence-corrected chi connectivity index (χ0v) is 35.7. The van der Waals surface area contributed by atoms with Gasteiger partial charge in [-0.15, -0.1) is 0 Å². The molecule has 4 aromatic carbocycles. The van der Waals surface area contributed by atoms with E-state index in [0.29, 0.717) is 51.8 Å². The van der Waals surface area contributed by atoms with E-state index in [1.54, 1.807) is 24.3 Å². The number of alkyl halides is 3. The normalized spacial score (nSPS) is 19.6. The van der Waals surface area contributed by atoms with Crippen LogP contribution in [0.3, 0.4) is 0 Å². The van der Waals surface area contributed by atoms with Crippen molar-refractivity contribution in [2.24, 2.45) is 10.8 Å². The molecule has 0 spiro atoms. The van der Waals surface area contributed by atoms with Crippen molar-refractivity contribution in [3.8, 4) is 0 Å². The van der Waals surface area contributed by atoms with Gasteiger partial charge in [-0.05, 0) is 163 Å². The van der Waals surface area contributed by atoms with Crippen LogP contribution in [0.2, 0.25) is 10.0 Å². The molecule has 59 heavy (non-hydrogen) atoms. The third-order valence-corrected chi connectivity index (χ3v) is 12.8. The molecular formula is C47H52Cl2F4N4O2. The average molecular weight is 852 g/mol. The average Bonchev–Trinajstić information content (AvgIpc) is 3.87. The minimum atomic E-state index is -4.56. The number of nitrogens with one attached hydrogen (secondary N) is 4. The van der Waals surface area contributed by atoms with Crippen LogP contribution in [0.15, 0.2) is 60.7 Å². The van der Waals surface area contributed by atoms with Crippen LogP contribution in [0.4, 0.5) is 40.3 Å². The fourth-order valence-corrected chi connectivity index (χ4v) is 8.92. The predicted molar refractivity (Wildman–Crippen MR) is 230 cm³/mol. The monoisotopic (exact) mass is 850 g/mol. The predicted octanol–water partition coefficient (Wildman–Crippen LogP) is 13.7. The SMILES string of the molecule is Cc1cc2c(cc1NC(=O)CC(C)(C)C)CCCC2Nc1ccc(C(F)(F)F)cc1CC1CCC(Nc2ccc(Cl)c(Cl)c2)c2cc(F)c(NC(=O)CC3(C)CC3)cc21. The summed E-state index contributed by atoms with van der Waals surface area (Å²) >= 11 is 12.5. The standard InChI is InChI=1S/C47H52Cl2F4N4O2/c1-26-17-33-27(20-41(26)56-43(58)24-45(2,3)4)7-6-8-39(33)55-38-14-10-30(47(51,52)53)19-29(38)18-28-9-13-40(54-31-11-12-35(48)36(49)21-31)34-22-37(50)42(23-32(28)34)57-44(59)25-46(5)15-16-46/h10-12,14,17,19-23,28,39-40,54-55H,6-9,13,15-16,18,24-25H2,1-5H3,(H,56,58)(H,57,59). The molecule has 1 saturated carbocycles. The molecule has 0 aliphatic heterocycles. The van der Waals surface area contributed by atoms with Crippen LogP contribution in [0.5, 0.6) is 0 Å². The van der Waals surface area contributed by atoms with E-state index in [4.69, 9.17) is 23.2 Å². The Hall–Kier alpha value is -4.28. The maximum atomic E-state index is 15.9. The van der Waals surface area contributed by atoms with Gasteiger partial charge in [0.1, 0.15) is 5.82 Å². The number of halogens is 6. The molecule has 6 nitrogen and oxygen atoms in total. The zero-order valence-electron chi connectivity index (χ0n) is 34.2. The van der Waals surface area contributed by atoms with Crippen molar-refractivity contribution in [2.75, 3.05) is 21.3 Å². The third kappa shape index (κ3) is 10.4. The van der Waals surface area contributed by atoms with E-state index < -0.39 is 17.6 Å². The van der Waals surface area contributed by atoms with Gasteiger partial charge in [0.2, 0.25) is 11.8 Å². The summed E-state index contributed by atoms with van der Waals surface area (Å²) in [5.41, 5.74) is 6.11. The van der Waals surface area contributed by atoms with E-state index in [-0.39, 0.29) is 59.2 Å². The first-order valence-electron chi connectivity index (χ1n) is 20.5. The summed E-state index contributed by atoms with van der Waals surface area (Å²) in [7, 11) is 0. The van der Waals surface area contributed by atoms with Gasteiger partial charge in [-0.1, -0.05) is 57.0 Å². The second kappa shape index (κ2) is 16.6. The molecule has 0 heterocycles. The number of carbonyl (C=O) groups excluding carboxylic acids is 2. The van der Waals surface area contributed by atoms with Crippen LogP contribution in [0.1, 0.15) is 136 Å². The Morgan fingerprint density at radius 3 is 2.20 bits per heavy atom.